The minimum Gasteiger partial charge on any atom is -0.359 e. The van der Waals surface area contributed by atoms with E-state index in [0.717, 1.165) is 15.7 Å². The molecule has 0 fully saturated rings. The van der Waals surface area contributed by atoms with Gasteiger partial charge in [0, 0.05) is 16.1 Å². The molecule has 2 nitrogen and oxygen atoms in total. The van der Waals surface area contributed by atoms with E-state index in [4.69, 9.17) is 16.1 Å². The summed E-state index contributed by atoms with van der Waals surface area (Å²) in [5, 5.41) is 3.95. The maximum Gasteiger partial charge on any atom is 0.152 e. The van der Waals surface area contributed by atoms with E-state index in [1.54, 1.807) is 0 Å². The van der Waals surface area contributed by atoms with Crippen LogP contribution in [-0.4, -0.2) is 5.16 Å². The molecule has 0 aliphatic heterocycles. The fraction of sp³-hybridized carbons (Fsp3) is 0.182. The molecule has 0 unspecified atom stereocenters. The molecule has 0 atom stereocenters. The Hall–Kier alpha value is -0.800. The highest BCUT2D eigenvalue weighted by Gasteiger charge is 2.06. The Bertz CT molecular complexity index is 481. The number of nitrogens with zero attached hydrogens (tertiary/aromatic N) is 1. The summed E-state index contributed by atoms with van der Waals surface area (Å²) in [4.78, 5) is 0. The molecule has 4 heteroatoms. The standard InChI is InChI=1S/C11H9BrClNO/c1-7-4-8(2-3-10(7)12)11-5-9(6-13)15-14-11/h2-5H,6H2,1H3. The lowest BCUT2D eigenvalue weighted by atomic mass is 10.1. The van der Waals surface area contributed by atoms with Gasteiger partial charge in [0.2, 0.25) is 0 Å². The molecule has 0 bridgehead atoms. The van der Waals surface area contributed by atoms with Gasteiger partial charge in [0.15, 0.2) is 5.76 Å². The van der Waals surface area contributed by atoms with Crippen molar-refractivity contribution in [1.29, 1.82) is 0 Å². The second kappa shape index (κ2) is 4.37. The van der Waals surface area contributed by atoms with Crippen molar-refractivity contribution in [2.45, 2.75) is 12.8 Å². The highest BCUT2D eigenvalue weighted by atomic mass is 79.9. The Morgan fingerprint density at radius 3 is 2.80 bits per heavy atom. The highest BCUT2D eigenvalue weighted by molar-refractivity contribution is 9.10. The van der Waals surface area contributed by atoms with Crippen molar-refractivity contribution in [3.63, 3.8) is 0 Å². The van der Waals surface area contributed by atoms with Crippen LogP contribution >= 0.6 is 27.5 Å². The molecule has 0 radical (unpaired) electrons. The van der Waals surface area contributed by atoms with Gasteiger partial charge in [-0.1, -0.05) is 27.2 Å². The number of hydrogen-bond donors (Lipinski definition) is 0. The van der Waals surface area contributed by atoms with Crippen LogP contribution in [-0.2, 0) is 5.88 Å². The van der Waals surface area contributed by atoms with Crippen LogP contribution in [0.25, 0.3) is 11.3 Å². The van der Waals surface area contributed by atoms with E-state index < -0.39 is 0 Å². The number of hydrogen-bond acceptors (Lipinski definition) is 2. The minimum atomic E-state index is 0.350. The van der Waals surface area contributed by atoms with Gasteiger partial charge in [0.05, 0.1) is 5.88 Å². The third-order valence-electron chi connectivity index (χ3n) is 2.14. The molecule has 1 heterocycles. The molecule has 15 heavy (non-hydrogen) atoms. The maximum atomic E-state index is 5.64. The average Bonchev–Trinajstić information content (AvgIpc) is 2.70. The van der Waals surface area contributed by atoms with Crippen LogP contribution in [0.3, 0.4) is 0 Å². The number of rotatable bonds is 2. The molecule has 0 aliphatic rings. The van der Waals surface area contributed by atoms with E-state index in [-0.39, 0.29) is 0 Å². The van der Waals surface area contributed by atoms with Gasteiger partial charge in [0.25, 0.3) is 0 Å². The molecule has 0 saturated carbocycles. The minimum absolute atomic E-state index is 0.350. The quantitative estimate of drug-likeness (QED) is 0.775. The van der Waals surface area contributed by atoms with E-state index in [1.807, 2.05) is 25.1 Å². The van der Waals surface area contributed by atoms with Crippen LogP contribution in [0.2, 0.25) is 0 Å². The molecule has 78 valence electrons. The van der Waals surface area contributed by atoms with Crippen molar-refractivity contribution in [1.82, 2.24) is 5.16 Å². The molecule has 0 amide bonds. The zero-order valence-corrected chi connectivity index (χ0v) is 10.5. The van der Waals surface area contributed by atoms with Crippen molar-refractivity contribution in [3.05, 3.63) is 40.1 Å². The Balaban J connectivity index is 2.40. The Morgan fingerprint density at radius 1 is 1.40 bits per heavy atom. The summed E-state index contributed by atoms with van der Waals surface area (Å²) < 4.78 is 6.13. The summed E-state index contributed by atoms with van der Waals surface area (Å²) in [5.41, 5.74) is 3.03. The number of aryl methyl sites for hydroxylation is 1. The van der Waals surface area contributed by atoms with Gasteiger partial charge >= 0.3 is 0 Å². The maximum absolute atomic E-state index is 5.64. The smallest absolute Gasteiger partial charge is 0.152 e. The van der Waals surface area contributed by atoms with E-state index in [2.05, 4.69) is 27.2 Å². The van der Waals surface area contributed by atoms with E-state index in [0.29, 0.717) is 11.6 Å². The first-order chi connectivity index (χ1) is 7.20. The van der Waals surface area contributed by atoms with Crippen LogP contribution in [0.1, 0.15) is 11.3 Å². The van der Waals surface area contributed by atoms with Crippen molar-refractivity contribution < 1.29 is 4.52 Å². The highest BCUT2D eigenvalue weighted by Crippen LogP contribution is 2.25. The van der Waals surface area contributed by atoms with Crippen LogP contribution in [0.15, 0.2) is 33.3 Å². The third-order valence-corrected chi connectivity index (χ3v) is 3.30. The zero-order chi connectivity index (χ0) is 10.8. The van der Waals surface area contributed by atoms with Gasteiger partial charge in [-0.15, -0.1) is 11.6 Å². The molecular formula is C11H9BrClNO. The van der Waals surface area contributed by atoms with Gasteiger partial charge < -0.3 is 4.52 Å². The largest absolute Gasteiger partial charge is 0.359 e. The number of halogens is 2. The normalized spacial score (nSPS) is 10.6. The zero-order valence-electron chi connectivity index (χ0n) is 8.13. The van der Waals surface area contributed by atoms with Crippen molar-refractivity contribution in [2.24, 2.45) is 0 Å². The number of alkyl halides is 1. The van der Waals surface area contributed by atoms with Crippen molar-refractivity contribution >= 4 is 27.5 Å². The van der Waals surface area contributed by atoms with Gasteiger partial charge in [-0.3, -0.25) is 0 Å². The Morgan fingerprint density at radius 2 is 2.20 bits per heavy atom. The second-order valence-corrected chi connectivity index (χ2v) is 4.40. The van der Waals surface area contributed by atoms with Gasteiger partial charge in [-0.25, -0.2) is 0 Å². The molecule has 0 N–H and O–H groups in total. The van der Waals surface area contributed by atoms with Crippen LogP contribution in [0, 0.1) is 6.92 Å². The number of benzene rings is 1. The summed E-state index contributed by atoms with van der Waals surface area (Å²) in [7, 11) is 0. The summed E-state index contributed by atoms with van der Waals surface area (Å²) in [5.74, 6) is 1.04. The first kappa shape index (κ1) is 10.7. The molecule has 1 aromatic heterocycles. The van der Waals surface area contributed by atoms with Gasteiger partial charge in [0.1, 0.15) is 5.69 Å². The van der Waals surface area contributed by atoms with Gasteiger partial charge in [-0.05, 0) is 24.6 Å². The summed E-state index contributed by atoms with van der Waals surface area (Å²) in [6, 6.07) is 7.91. The Kier molecular flexibility index (Phi) is 3.12. The van der Waals surface area contributed by atoms with Crippen LogP contribution < -0.4 is 0 Å². The SMILES string of the molecule is Cc1cc(-c2cc(CCl)on2)ccc1Br. The third kappa shape index (κ3) is 2.24. The van der Waals surface area contributed by atoms with E-state index >= 15 is 0 Å². The molecular weight excluding hydrogens is 277 g/mol. The lowest BCUT2D eigenvalue weighted by Crippen LogP contribution is -1.80. The molecule has 0 spiro atoms. The topological polar surface area (TPSA) is 26.0 Å². The van der Waals surface area contributed by atoms with E-state index in [1.165, 1.54) is 5.56 Å². The molecule has 2 aromatic rings. The van der Waals surface area contributed by atoms with Crippen LogP contribution in [0.5, 0.6) is 0 Å². The van der Waals surface area contributed by atoms with Gasteiger partial charge in [-0.2, -0.15) is 0 Å². The molecule has 1 aromatic carbocycles. The average molecular weight is 287 g/mol. The lowest BCUT2D eigenvalue weighted by molar-refractivity contribution is 0.396. The molecule has 0 saturated heterocycles. The summed E-state index contributed by atoms with van der Waals surface area (Å²) in [6.45, 7) is 2.04. The lowest BCUT2D eigenvalue weighted by Gasteiger charge is -1.99. The van der Waals surface area contributed by atoms with Crippen molar-refractivity contribution in [3.8, 4) is 11.3 Å². The monoisotopic (exact) mass is 285 g/mol. The first-order valence-electron chi connectivity index (χ1n) is 4.49. The number of aromatic nitrogens is 1. The first-order valence-corrected chi connectivity index (χ1v) is 5.81. The summed E-state index contributed by atoms with van der Waals surface area (Å²) >= 11 is 9.10. The predicted molar refractivity (Wildman–Crippen MR) is 63.9 cm³/mol. The fourth-order valence-corrected chi connectivity index (χ4v) is 1.69. The predicted octanol–water partition coefficient (Wildman–Crippen LogP) is 4.15. The van der Waals surface area contributed by atoms with E-state index in [9.17, 15) is 0 Å². The van der Waals surface area contributed by atoms with Crippen molar-refractivity contribution in [2.75, 3.05) is 0 Å². The molecule has 0 aliphatic carbocycles. The second-order valence-electron chi connectivity index (χ2n) is 3.28. The Labute approximate surface area is 101 Å². The summed E-state index contributed by atoms with van der Waals surface area (Å²) in [6.07, 6.45) is 0. The fourth-order valence-electron chi connectivity index (χ4n) is 1.32. The molecule has 2 rings (SSSR count). The van der Waals surface area contributed by atoms with Crippen LogP contribution in [0.4, 0.5) is 0 Å².